The zero-order valence-electron chi connectivity index (χ0n) is 16.5. The summed E-state index contributed by atoms with van der Waals surface area (Å²) >= 11 is 0. The number of hydrogen-bond donors (Lipinski definition) is 0. The smallest absolute Gasteiger partial charge is 0.348 e. The highest BCUT2D eigenvalue weighted by atomic mass is 19.4. The van der Waals surface area contributed by atoms with E-state index in [0.29, 0.717) is 17.7 Å². The van der Waals surface area contributed by atoms with Crippen LogP contribution in [0.2, 0.25) is 0 Å². The third-order valence-corrected chi connectivity index (χ3v) is 4.97. The van der Waals surface area contributed by atoms with Gasteiger partial charge in [-0.15, -0.1) is 0 Å². The van der Waals surface area contributed by atoms with Crippen LogP contribution >= 0.6 is 0 Å². The fraction of sp³-hybridized carbons (Fsp3) is 0.381. The van der Waals surface area contributed by atoms with Gasteiger partial charge in [-0.05, 0) is 48.4 Å². The molecule has 3 atom stereocenters. The van der Waals surface area contributed by atoms with E-state index in [4.69, 9.17) is 9.47 Å². The molecule has 1 aliphatic rings. The van der Waals surface area contributed by atoms with Gasteiger partial charge in [-0.1, -0.05) is 12.1 Å². The molecular weight excluding hydrogens is 445 g/mol. The maximum absolute atomic E-state index is 13.3. The van der Waals surface area contributed by atoms with Crippen LogP contribution in [-0.4, -0.2) is 24.3 Å². The maximum Gasteiger partial charge on any atom is 0.416 e. The fourth-order valence-corrected chi connectivity index (χ4v) is 3.36. The summed E-state index contributed by atoms with van der Waals surface area (Å²) in [6.45, 7) is 1.50. The number of halogens is 7. The Morgan fingerprint density at radius 1 is 1.03 bits per heavy atom. The minimum atomic E-state index is -4.99. The van der Waals surface area contributed by atoms with Crippen LogP contribution in [0.1, 0.15) is 41.3 Å². The molecule has 4 nitrogen and oxygen atoms in total. The normalized spacial score (nSPS) is 20.7. The summed E-state index contributed by atoms with van der Waals surface area (Å²) in [5.74, 6) is -0.525. The fourth-order valence-electron chi connectivity index (χ4n) is 3.36. The van der Waals surface area contributed by atoms with Crippen molar-refractivity contribution in [2.45, 2.75) is 37.7 Å². The van der Waals surface area contributed by atoms with E-state index in [2.05, 4.69) is 0 Å². The molecule has 1 heterocycles. The van der Waals surface area contributed by atoms with Gasteiger partial charge < -0.3 is 9.47 Å². The van der Waals surface area contributed by atoms with Crippen LogP contribution in [0, 0.1) is 17.3 Å². The molecular formula is C21H17F7N2O2. The van der Waals surface area contributed by atoms with E-state index in [1.54, 1.807) is 0 Å². The molecule has 0 aliphatic carbocycles. The Labute approximate surface area is 178 Å². The third kappa shape index (κ3) is 5.31. The second-order valence-electron chi connectivity index (χ2n) is 7.15. The van der Waals surface area contributed by atoms with Crippen LogP contribution in [0.4, 0.5) is 30.7 Å². The van der Waals surface area contributed by atoms with Gasteiger partial charge in [0, 0.05) is 0 Å². The third-order valence-electron chi connectivity index (χ3n) is 4.97. The molecule has 1 aliphatic heterocycles. The molecule has 0 aromatic heterocycles. The van der Waals surface area contributed by atoms with Gasteiger partial charge in [-0.25, -0.2) is 4.39 Å². The molecule has 0 amide bonds. The van der Waals surface area contributed by atoms with Gasteiger partial charge in [0.15, 0.2) is 12.5 Å². The number of alkyl halides is 6. The second-order valence-corrected chi connectivity index (χ2v) is 7.15. The van der Waals surface area contributed by atoms with Crippen molar-refractivity contribution in [3.05, 3.63) is 70.5 Å². The van der Waals surface area contributed by atoms with Crippen LogP contribution < -0.4 is 0 Å². The van der Waals surface area contributed by atoms with E-state index < -0.39 is 47.7 Å². The summed E-state index contributed by atoms with van der Waals surface area (Å²) in [5, 5.41) is 9.44. The predicted octanol–water partition coefficient (Wildman–Crippen LogP) is 5.82. The number of hydrogen-bond acceptors (Lipinski definition) is 4. The van der Waals surface area contributed by atoms with Crippen LogP contribution in [0.5, 0.6) is 0 Å². The minimum Gasteiger partial charge on any atom is -0.348 e. The van der Waals surface area contributed by atoms with E-state index in [9.17, 15) is 36.0 Å². The number of ether oxygens (including phenoxy) is 2. The average molecular weight is 462 g/mol. The number of rotatable bonds is 4. The van der Waals surface area contributed by atoms with Gasteiger partial charge in [-0.2, -0.15) is 31.6 Å². The largest absolute Gasteiger partial charge is 0.416 e. The lowest BCUT2D eigenvalue weighted by Gasteiger charge is -2.39. The van der Waals surface area contributed by atoms with Gasteiger partial charge in [0.05, 0.1) is 30.4 Å². The van der Waals surface area contributed by atoms with Crippen LogP contribution in [-0.2, 0) is 21.8 Å². The summed E-state index contributed by atoms with van der Waals surface area (Å²) in [6, 6.07) is 5.43. The molecule has 32 heavy (non-hydrogen) atoms. The number of nitrogens with zero attached hydrogens (tertiary/aromatic N) is 2. The monoisotopic (exact) mass is 462 g/mol. The van der Waals surface area contributed by atoms with Crippen molar-refractivity contribution in [2.24, 2.45) is 0 Å². The Morgan fingerprint density at radius 2 is 1.59 bits per heavy atom. The van der Waals surface area contributed by atoms with Crippen LogP contribution in [0.25, 0.3) is 0 Å². The summed E-state index contributed by atoms with van der Waals surface area (Å²) < 4.78 is 104. The Bertz CT molecular complexity index is 951. The van der Waals surface area contributed by atoms with Crippen molar-refractivity contribution in [3.8, 4) is 6.19 Å². The first-order valence-electron chi connectivity index (χ1n) is 9.38. The Hall–Kier alpha value is -2.84. The van der Waals surface area contributed by atoms with Crippen molar-refractivity contribution < 1.29 is 40.2 Å². The van der Waals surface area contributed by atoms with Crippen molar-refractivity contribution in [3.63, 3.8) is 0 Å². The average Bonchev–Trinajstić information content (AvgIpc) is 2.72. The number of benzene rings is 2. The SMILES string of the molecule is C[C@@H](O[C@H]1OCCN(C#N)[C@H]1c1ccc(F)cc1)c1cc(C(F)(F)F)cc(C(F)(F)F)c1. The summed E-state index contributed by atoms with van der Waals surface area (Å²) in [4.78, 5) is 1.29. The first-order valence-corrected chi connectivity index (χ1v) is 9.38. The molecule has 0 unspecified atom stereocenters. The summed E-state index contributed by atoms with van der Waals surface area (Å²) in [7, 11) is 0. The first kappa shape index (κ1) is 23.8. The molecule has 11 heteroatoms. The van der Waals surface area contributed by atoms with Crippen molar-refractivity contribution >= 4 is 0 Å². The van der Waals surface area contributed by atoms with Crippen LogP contribution in [0.15, 0.2) is 42.5 Å². The standard InChI is InChI=1S/C21H17F7N2O2/c1-12(14-8-15(20(23,24)25)10-16(9-14)21(26,27)28)32-19-18(30(11-29)6-7-31-19)13-2-4-17(22)5-3-13/h2-5,8-10,12,18-19H,6-7H2,1H3/t12-,18+,19-/m1/s1. The van der Waals surface area contributed by atoms with Gasteiger partial charge in [0.25, 0.3) is 0 Å². The number of nitriles is 1. The van der Waals surface area contributed by atoms with Gasteiger partial charge in [-0.3, -0.25) is 4.90 Å². The molecule has 0 saturated carbocycles. The lowest BCUT2D eigenvalue weighted by atomic mass is 10.0. The molecule has 172 valence electrons. The predicted molar refractivity (Wildman–Crippen MR) is 97.1 cm³/mol. The lowest BCUT2D eigenvalue weighted by Crippen LogP contribution is -2.44. The first-order chi connectivity index (χ1) is 14.9. The molecule has 1 saturated heterocycles. The minimum absolute atomic E-state index is 0.0338. The van der Waals surface area contributed by atoms with Crippen molar-refractivity contribution in [2.75, 3.05) is 13.2 Å². The van der Waals surface area contributed by atoms with Gasteiger partial charge >= 0.3 is 12.4 Å². The Morgan fingerprint density at radius 3 is 2.09 bits per heavy atom. The van der Waals surface area contributed by atoms with E-state index in [1.807, 2.05) is 6.19 Å². The molecule has 2 aromatic carbocycles. The molecule has 0 spiro atoms. The zero-order valence-corrected chi connectivity index (χ0v) is 16.5. The van der Waals surface area contributed by atoms with Crippen LogP contribution in [0.3, 0.4) is 0 Å². The van der Waals surface area contributed by atoms with E-state index in [1.165, 1.54) is 24.0 Å². The van der Waals surface area contributed by atoms with Gasteiger partial charge in [0.1, 0.15) is 11.9 Å². The molecule has 3 rings (SSSR count). The number of morpholine rings is 1. The molecule has 2 aromatic rings. The highest BCUT2D eigenvalue weighted by molar-refractivity contribution is 5.34. The Balaban J connectivity index is 1.94. The van der Waals surface area contributed by atoms with Gasteiger partial charge in [0.2, 0.25) is 0 Å². The second kappa shape index (κ2) is 8.96. The summed E-state index contributed by atoms with van der Waals surface area (Å²) in [6.07, 6.45) is -10.5. The Kier molecular flexibility index (Phi) is 6.67. The molecule has 0 N–H and O–H groups in total. The lowest BCUT2D eigenvalue weighted by molar-refractivity contribution is -0.221. The maximum atomic E-state index is 13.3. The highest BCUT2D eigenvalue weighted by Crippen LogP contribution is 2.39. The van der Waals surface area contributed by atoms with E-state index in [0.717, 1.165) is 12.1 Å². The van der Waals surface area contributed by atoms with Crippen molar-refractivity contribution in [1.29, 1.82) is 5.26 Å². The van der Waals surface area contributed by atoms with E-state index in [-0.39, 0.29) is 24.8 Å². The highest BCUT2D eigenvalue weighted by Gasteiger charge is 2.39. The molecule has 1 fully saturated rings. The van der Waals surface area contributed by atoms with E-state index >= 15 is 0 Å². The topological polar surface area (TPSA) is 45.5 Å². The van der Waals surface area contributed by atoms with Crippen molar-refractivity contribution in [1.82, 2.24) is 4.90 Å². The summed E-state index contributed by atoms with van der Waals surface area (Å²) in [5.41, 5.74) is -2.85. The zero-order chi connectivity index (χ0) is 23.7. The molecule has 0 radical (unpaired) electrons. The molecule has 0 bridgehead atoms. The quantitative estimate of drug-likeness (QED) is 0.424.